The normalized spacial score (nSPS) is 28.7. The van der Waals surface area contributed by atoms with E-state index in [1.54, 1.807) is 11.0 Å². The lowest BCUT2D eigenvalue weighted by molar-refractivity contribution is -0.150. The van der Waals surface area contributed by atoms with E-state index in [2.05, 4.69) is 20.8 Å². The van der Waals surface area contributed by atoms with Gasteiger partial charge in [0.15, 0.2) is 10.8 Å². The van der Waals surface area contributed by atoms with Gasteiger partial charge in [-0.1, -0.05) is 5.16 Å². The van der Waals surface area contributed by atoms with Gasteiger partial charge >= 0.3 is 5.97 Å². The lowest BCUT2D eigenvalue weighted by Crippen LogP contribution is -2.71. The minimum Gasteiger partial charge on any atom is -0.477 e. The fraction of sp³-hybridized carbons (Fsp3) is 0.455. The summed E-state index contributed by atoms with van der Waals surface area (Å²) in [6.45, 7) is 1.07. The highest BCUT2D eigenvalue weighted by Crippen LogP contribution is 2.41. The molecule has 5 heterocycles. The summed E-state index contributed by atoms with van der Waals surface area (Å²) in [4.78, 5) is 57.7. The number of nitrogens with one attached hydrogen (secondary N) is 2. The molecule has 3 amide bonds. The number of carbonyl (C=O) groups is 4. The molecule has 202 valence electrons. The smallest absolute Gasteiger partial charge is 0.352 e. The number of nitrogens with two attached hydrogens (primary N) is 1. The third-order valence-corrected chi connectivity index (χ3v) is 8.91. The molecular formula is C22H25N7O7S2. The molecule has 14 nitrogen and oxygen atoms in total. The fourth-order valence-electron chi connectivity index (χ4n) is 5.07. The number of rotatable bonds is 7. The number of β-lactam (4-membered cyclic amide) rings is 1. The first-order valence-electron chi connectivity index (χ1n) is 11.7. The van der Waals surface area contributed by atoms with Gasteiger partial charge in [-0.05, 0) is 24.5 Å². The van der Waals surface area contributed by atoms with E-state index in [0.29, 0.717) is 37.1 Å². The summed E-state index contributed by atoms with van der Waals surface area (Å²) < 4.78 is 0. The maximum atomic E-state index is 13.1. The summed E-state index contributed by atoms with van der Waals surface area (Å²) in [7, 11) is 0. The number of nitrogens with zero attached hydrogens (tertiary/aromatic N) is 4. The molecule has 38 heavy (non-hydrogen) atoms. The number of hydrogen-bond acceptors (Lipinski definition) is 12. The molecule has 0 aliphatic carbocycles. The number of aliphatic hydroxyl groups is 1. The second-order valence-corrected chi connectivity index (χ2v) is 11.1. The van der Waals surface area contributed by atoms with Crippen LogP contribution in [0.3, 0.4) is 0 Å². The molecule has 4 aliphatic heterocycles. The number of allylic oxidation sites excluding steroid dienone is 1. The van der Waals surface area contributed by atoms with E-state index in [-0.39, 0.29) is 46.9 Å². The summed E-state index contributed by atoms with van der Waals surface area (Å²) in [5, 5.41) is 38.1. The lowest BCUT2D eigenvalue weighted by Gasteiger charge is -2.49. The summed E-state index contributed by atoms with van der Waals surface area (Å²) in [6, 6.07) is -1.14. The van der Waals surface area contributed by atoms with Crippen LogP contribution >= 0.6 is 23.1 Å². The Morgan fingerprint density at radius 1 is 1.37 bits per heavy atom. The van der Waals surface area contributed by atoms with E-state index < -0.39 is 34.9 Å². The highest BCUT2D eigenvalue weighted by molar-refractivity contribution is 8.00. The fourth-order valence-corrected chi connectivity index (χ4v) is 6.93. The molecule has 7 N–H and O–H groups in total. The van der Waals surface area contributed by atoms with Crippen molar-refractivity contribution < 1.29 is 34.6 Å². The molecule has 0 aromatic carbocycles. The topological polar surface area (TPSA) is 211 Å². The number of carboxylic acid groups (broad SMARTS) is 1. The summed E-state index contributed by atoms with van der Waals surface area (Å²) >= 11 is 2.30. The number of oxime groups is 1. The second-order valence-electron chi connectivity index (χ2n) is 9.15. The van der Waals surface area contributed by atoms with Crippen molar-refractivity contribution in [2.45, 2.75) is 36.3 Å². The van der Waals surface area contributed by atoms with Crippen molar-refractivity contribution >= 4 is 57.6 Å². The van der Waals surface area contributed by atoms with Gasteiger partial charge in [0.2, 0.25) is 5.91 Å². The average molecular weight is 564 g/mol. The molecule has 0 saturated carbocycles. The van der Waals surface area contributed by atoms with Gasteiger partial charge in [-0.25, -0.2) is 9.78 Å². The average Bonchev–Trinajstić information content (AvgIpc) is 3.63. The Morgan fingerprint density at radius 2 is 2.16 bits per heavy atom. The number of likely N-dealkylation sites (tertiary alicyclic amines) is 1. The molecule has 0 spiro atoms. The van der Waals surface area contributed by atoms with Crippen LogP contribution in [0.5, 0.6) is 0 Å². The number of hydrogen-bond donors (Lipinski definition) is 6. The van der Waals surface area contributed by atoms with Gasteiger partial charge in [0.05, 0.1) is 6.61 Å². The Kier molecular flexibility index (Phi) is 7.13. The number of fused-ring (bicyclic) bond motifs is 1. The zero-order valence-corrected chi connectivity index (χ0v) is 21.5. The zero-order chi connectivity index (χ0) is 27.1. The van der Waals surface area contributed by atoms with Crippen LogP contribution in [-0.4, -0.2) is 109 Å². The van der Waals surface area contributed by atoms with Gasteiger partial charge in [0.1, 0.15) is 22.8 Å². The van der Waals surface area contributed by atoms with E-state index in [1.165, 1.54) is 17.1 Å². The van der Waals surface area contributed by atoms with Crippen LogP contribution < -0.4 is 16.4 Å². The number of carbonyl (C=O) groups excluding carboxylic acids is 3. The number of anilines is 1. The van der Waals surface area contributed by atoms with Crippen LogP contribution in [0.4, 0.5) is 5.13 Å². The molecule has 3 saturated heterocycles. The Labute approximate surface area is 224 Å². The number of aromatic nitrogens is 1. The van der Waals surface area contributed by atoms with Crippen LogP contribution in [0.15, 0.2) is 33.5 Å². The zero-order valence-electron chi connectivity index (χ0n) is 19.9. The minimum absolute atomic E-state index is 0.00655. The molecule has 4 aliphatic rings. The number of aliphatic hydroxyl groups excluding tert-OH is 1. The first-order valence-corrected chi connectivity index (χ1v) is 13.7. The predicted molar refractivity (Wildman–Crippen MR) is 136 cm³/mol. The van der Waals surface area contributed by atoms with Crippen LogP contribution in [0.1, 0.15) is 18.5 Å². The van der Waals surface area contributed by atoms with Crippen molar-refractivity contribution in [1.82, 2.24) is 25.4 Å². The molecule has 3 fully saturated rings. The number of thiazole rings is 1. The van der Waals surface area contributed by atoms with Gasteiger partial charge in [-0.3, -0.25) is 19.3 Å². The first-order chi connectivity index (χ1) is 18.2. The third-order valence-electron chi connectivity index (χ3n) is 6.93. The molecule has 4 atom stereocenters. The molecular weight excluding hydrogens is 538 g/mol. The van der Waals surface area contributed by atoms with Crippen LogP contribution in [-0.2, 0) is 19.2 Å². The van der Waals surface area contributed by atoms with E-state index >= 15 is 0 Å². The van der Waals surface area contributed by atoms with Crippen molar-refractivity contribution in [3.63, 3.8) is 0 Å². The Bertz CT molecular complexity index is 1290. The third kappa shape index (κ3) is 4.53. The second kappa shape index (κ2) is 10.4. The molecule has 1 aromatic heterocycles. The van der Waals surface area contributed by atoms with Gasteiger partial charge in [-0.15, -0.1) is 23.1 Å². The first kappa shape index (κ1) is 26.1. The number of amides is 3. The van der Waals surface area contributed by atoms with E-state index in [1.807, 2.05) is 0 Å². The summed E-state index contributed by atoms with van der Waals surface area (Å²) in [5.41, 5.74) is 5.77. The minimum atomic E-state index is -1.32. The van der Waals surface area contributed by atoms with Crippen molar-refractivity contribution in [3.05, 3.63) is 34.0 Å². The van der Waals surface area contributed by atoms with Gasteiger partial charge in [-0.2, -0.15) is 0 Å². The maximum absolute atomic E-state index is 13.1. The number of nitrogen functional groups attached to an aromatic ring is 1. The van der Waals surface area contributed by atoms with E-state index in [0.717, 1.165) is 16.2 Å². The SMILES string of the molecule is Nc1nc(/C(=N/O)C(=O)N[C@@H]2C(=O)N3C(C(=O)O)=C(/C=C4\CCN(C5CNC(CO)C5)C4=O)CS[C@H]23)cs1. The number of thioether (sulfide) groups is 1. The van der Waals surface area contributed by atoms with E-state index in [9.17, 15) is 34.6 Å². The molecule has 16 heteroatoms. The van der Waals surface area contributed by atoms with Crippen LogP contribution in [0.25, 0.3) is 0 Å². The standard InChI is InChI=1S/C22H25N7O7S2/c23-22-25-13(8-38-22)14(27-36)17(31)26-15-19(33)29-16(21(34)35)10(7-37-20(15)29)3-9-1-2-28(18(9)32)12-4-11(6-30)24-5-12/h3,8,11-12,15,20,24,30,36H,1-2,4-7H2,(H2,23,25)(H,26,31)(H,34,35)/b9-3+,27-14-/t11?,12?,15-,20-/m1/s1. The molecule has 1 aromatic rings. The predicted octanol–water partition coefficient (Wildman–Crippen LogP) is -1.48. The Hall–Kier alpha value is -3.47. The summed E-state index contributed by atoms with van der Waals surface area (Å²) in [5.74, 6) is -2.78. The van der Waals surface area contributed by atoms with Gasteiger partial charge in [0.25, 0.3) is 11.8 Å². The number of aliphatic carboxylic acids is 1. The molecule has 2 unspecified atom stereocenters. The molecule has 0 bridgehead atoms. The lowest BCUT2D eigenvalue weighted by atomic mass is 10.0. The highest BCUT2D eigenvalue weighted by Gasteiger charge is 2.54. The van der Waals surface area contributed by atoms with Crippen LogP contribution in [0, 0.1) is 0 Å². The number of carboxylic acids is 1. The van der Waals surface area contributed by atoms with Gasteiger partial charge < -0.3 is 36.7 Å². The van der Waals surface area contributed by atoms with Crippen molar-refractivity contribution in [2.75, 3.05) is 31.2 Å². The molecule has 0 radical (unpaired) electrons. The van der Waals surface area contributed by atoms with E-state index in [4.69, 9.17) is 5.73 Å². The highest BCUT2D eigenvalue weighted by atomic mass is 32.2. The van der Waals surface area contributed by atoms with Crippen molar-refractivity contribution in [3.8, 4) is 0 Å². The van der Waals surface area contributed by atoms with Crippen molar-refractivity contribution in [1.29, 1.82) is 0 Å². The summed E-state index contributed by atoms with van der Waals surface area (Å²) in [6.07, 6.45) is 2.65. The monoisotopic (exact) mass is 563 g/mol. The molecule has 5 rings (SSSR count). The largest absolute Gasteiger partial charge is 0.477 e. The van der Waals surface area contributed by atoms with Gasteiger partial charge in [0, 0.05) is 41.9 Å². The Balaban J connectivity index is 1.31. The van der Waals surface area contributed by atoms with Crippen LogP contribution in [0.2, 0.25) is 0 Å². The quantitative estimate of drug-likeness (QED) is 0.0741. The maximum Gasteiger partial charge on any atom is 0.352 e. The Morgan fingerprint density at radius 3 is 2.79 bits per heavy atom. The van der Waals surface area contributed by atoms with Crippen molar-refractivity contribution in [2.24, 2.45) is 5.16 Å².